The summed E-state index contributed by atoms with van der Waals surface area (Å²) in [5.74, 6) is 0. The summed E-state index contributed by atoms with van der Waals surface area (Å²) in [5.41, 5.74) is 1.77. The number of aromatic nitrogens is 2. The van der Waals surface area contributed by atoms with E-state index in [2.05, 4.69) is 14.7 Å². The molecule has 0 fully saturated rings. The van der Waals surface area contributed by atoms with Crippen LogP contribution in [0.15, 0.2) is 29.2 Å². The molecule has 0 bridgehead atoms. The van der Waals surface area contributed by atoms with Gasteiger partial charge in [-0.2, -0.15) is 0 Å². The van der Waals surface area contributed by atoms with Gasteiger partial charge in [0, 0.05) is 17.8 Å². The van der Waals surface area contributed by atoms with Crippen molar-refractivity contribution in [2.24, 2.45) is 0 Å². The molecule has 0 spiro atoms. The number of H-pyrrole nitrogens is 1. The smallest absolute Gasteiger partial charge is 0.253 e. The molecule has 0 aromatic carbocycles. The second kappa shape index (κ2) is 5.46. The maximum Gasteiger partial charge on any atom is 0.253 e. The lowest BCUT2D eigenvalue weighted by atomic mass is 10.1. The molecule has 0 saturated heterocycles. The molecule has 5 nitrogen and oxygen atoms in total. The second-order valence-corrected chi connectivity index (χ2v) is 7.71. The van der Waals surface area contributed by atoms with E-state index < -0.39 is 11.0 Å². The summed E-state index contributed by atoms with van der Waals surface area (Å²) in [4.78, 5) is 19.1. The fourth-order valence-corrected chi connectivity index (χ4v) is 2.57. The van der Waals surface area contributed by atoms with E-state index in [9.17, 15) is 9.00 Å². The second-order valence-electron chi connectivity index (χ2n) is 5.71. The zero-order valence-electron chi connectivity index (χ0n) is 12.1. The standard InChI is InChI=1S/C14H19N3O2S/c1-9(17-20(19)14(2,3)4)10-8-12-11(16-13(10)18)6-5-7-15-12/h5-9,17H,1-4H3,(H,16,18)/t9-,20?/m0/s1. The molecular formula is C14H19N3O2S. The quantitative estimate of drug-likeness (QED) is 0.909. The SMILES string of the molecule is C[C@H](NS(=O)C(C)(C)C)c1cc2ncccc2[nH]c1=O. The van der Waals surface area contributed by atoms with Gasteiger partial charge >= 0.3 is 0 Å². The fourth-order valence-electron chi connectivity index (χ4n) is 1.77. The molecule has 2 rings (SSSR count). The third-order valence-corrected chi connectivity index (χ3v) is 4.63. The Labute approximate surface area is 120 Å². The van der Waals surface area contributed by atoms with Gasteiger partial charge in [0.2, 0.25) is 0 Å². The van der Waals surface area contributed by atoms with Crippen LogP contribution in [-0.4, -0.2) is 18.9 Å². The Morgan fingerprint density at radius 3 is 2.75 bits per heavy atom. The molecule has 0 radical (unpaired) electrons. The van der Waals surface area contributed by atoms with Gasteiger partial charge in [0.1, 0.15) is 0 Å². The van der Waals surface area contributed by atoms with Gasteiger partial charge in [0.05, 0.1) is 26.8 Å². The molecule has 0 aliphatic carbocycles. The molecule has 0 saturated carbocycles. The van der Waals surface area contributed by atoms with E-state index in [1.165, 1.54) is 0 Å². The lowest BCUT2D eigenvalue weighted by Gasteiger charge is -2.21. The third kappa shape index (κ3) is 3.13. The van der Waals surface area contributed by atoms with Crippen molar-refractivity contribution >= 4 is 22.0 Å². The Morgan fingerprint density at radius 2 is 2.10 bits per heavy atom. The van der Waals surface area contributed by atoms with Gasteiger partial charge in [-0.15, -0.1) is 0 Å². The Bertz CT molecular complexity index is 703. The van der Waals surface area contributed by atoms with Crippen LogP contribution < -0.4 is 10.3 Å². The summed E-state index contributed by atoms with van der Waals surface area (Å²) in [5, 5.41) is 0. The van der Waals surface area contributed by atoms with Gasteiger partial charge in [0.15, 0.2) is 0 Å². The van der Waals surface area contributed by atoms with Crippen molar-refractivity contribution in [1.82, 2.24) is 14.7 Å². The van der Waals surface area contributed by atoms with Gasteiger partial charge in [-0.1, -0.05) is 0 Å². The predicted octanol–water partition coefficient (Wildman–Crippen LogP) is 2.04. The van der Waals surface area contributed by atoms with E-state index in [4.69, 9.17) is 0 Å². The predicted molar refractivity (Wildman–Crippen MR) is 81.8 cm³/mol. The minimum Gasteiger partial charge on any atom is -0.320 e. The van der Waals surface area contributed by atoms with Gasteiger partial charge < -0.3 is 4.98 Å². The maximum absolute atomic E-state index is 12.1. The Morgan fingerprint density at radius 1 is 1.40 bits per heavy atom. The van der Waals surface area contributed by atoms with Crippen LogP contribution in [-0.2, 0) is 11.0 Å². The van der Waals surface area contributed by atoms with Crippen molar-refractivity contribution in [1.29, 1.82) is 0 Å². The minimum atomic E-state index is -1.23. The van der Waals surface area contributed by atoms with Crippen molar-refractivity contribution in [2.45, 2.75) is 38.5 Å². The topological polar surface area (TPSA) is 74.8 Å². The monoisotopic (exact) mass is 293 g/mol. The first kappa shape index (κ1) is 14.9. The summed E-state index contributed by atoms with van der Waals surface area (Å²) < 4.78 is 14.7. The van der Waals surface area contributed by atoms with Gasteiger partial charge in [0.25, 0.3) is 5.56 Å². The van der Waals surface area contributed by atoms with E-state index in [1.54, 1.807) is 24.4 Å². The molecule has 2 heterocycles. The Balaban J connectivity index is 2.35. The first-order valence-corrected chi connectivity index (χ1v) is 7.60. The minimum absolute atomic E-state index is 0.184. The molecular weight excluding hydrogens is 274 g/mol. The molecule has 0 aliphatic heterocycles. The number of aromatic amines is 1. The molecule has 20 heavy (non-hydrogen) atoms. The number of pyridine rings is 2. The van der Waals surface area contributed by atoms with Crippen LogP contribution in [0.25, 0.3) is 11.0 Å². The number of hydrogen-bond acceptors (Lipinski definition) is 3. The highest BCUT2D eigenvalue weighted by Crippen LogP contribution is 2.16. The summed E-state index contributed by atoms with van der Waals surface area (Å²) in [7, 11) is -1.23. The Kier molecular flexibility index (Phi) is 4.06. The number of fused-ring (bicyclic) bond motifs is 1. The van der Waals surface area contributed by atoms with Crippen molar-refractivity contribution < 1.29 is 4.21 Å². The molecule has 2 N–H and O–H groups in total. The first-order chi connectivity index (χ1) is 9.29. The largest absolute Gasteiger partial charge is 0.320 e. The molecule has 2 atom stereocenters. The van der Waals surface area contributed by atoms with E-state index >= 15 is 0 Å². The summed E-state index contributed by atoms with van der Waals surface area (Å²) >= 11 is 0. The number of rotatable bonds is 3. The lowest BCUT2D eigenvalue weighted by molar-refractivity contribution is 0.615. The molecule has 108 valence electrons. The van der Waals surface area contributed by atoms with Crippen molar-refractivity contribution in [3.8, 4) is 0 Å². The highest BCUT2D eigenvalue weighted by Gasteiger charge is 2.22. The van der Waals surface area contributed by atoms with E-state index in [0.29, 0.717) is 11.1 Å². The van der Waals surface area contributed by atoms with Crippen LogP contribution >= 0.6 is 0 Å². The van der Waals surface area contributed by atoms with Gasteiger partial charge in [-0.05, 0) is 45.9 Å². The van der Waals surface area contributed by atoms with Crippen LogP contribution in [0, 0.1) is 0 Å². The van der Waals surface area contributed by atoms with Crippen LogP contribution in [0.4, 0.5) is 0 Å². The van der Waals surface area contributed by atoms with Crippen LogP contribution in [0.1, 0.15) is 39.3 Å². The lowest BCUT2D eigenvalue weighted by Crippen LogP contribution is -2.36. The van der Waals surface area contributed by atoms with Crippen LogP contribution in [0.5, 0.6) is 0 Å². The number of hydrogen-bond donors (Lipinski definition) is 2. The van der Waals surface area contributed by atoms with Gasteiger partial charge in [-0.3, -0.25) is 9.78 Å². The highest BCUT2D eigenvalue weighted by atomic mass is 32.2. The average molecular weight is 293 g/mol. The molecule has 2 aromatic heterocycles. The van der Waals surface area contributed by atoms with E-state index in [0.717, 1.165) is 5.52 Å². The van der Waals surface area contributed by atoms with Crippen LogP contribution in [0.3, 0.4) is 0 Å². The van der Waals surface area contributed by atoms with E-state index in [-0.39, 0.29) is 16.3 Å². The third-order valence-electron chi connectivity index (χ3n) is 2.95. The molecule has 0 aliphatic rings. The molecule has 0 amide bonds. The summed E-state index contributed by atoms with van der Waals surface area (Å²) in [6, 6.07) is 5.00. The van der Waals surface area contributed by atoms with Crippen LogP contribution in [0.2, 0.25) is 0 Å². The first-order valence-electron chi connectivity index (χ1n) is 6.45. The molecule has 6 heteroatoms. The zero-order chi connectivity index (χ0) is 14.9. The number of nitrogens with one attached hydrogen (secondary N) is 2. The van der Waals surface area contributed by atoms with Crippen molar-refractivity contribution in [3.63, 3.8) is 0 Å². The summed E-state index contributed by atoms with van der Waals surface area (Å²) in [6.07, 6.45) is 1.68. The molecule has 2 aromatic rings. The normalized spacial score (nSPS) is 15.2. The maximum atomic E-state index is 12.1. The highest BCUT2D eigenvalue weighted by molar-refractivity contribution is 7.84. The Hall–Kier alpha value is -1.53. The van der Waals surface area contributed by atoms with Gasteiger partial charge in [-0.25, -0.2) is 8.93 Å². The number of nitrogens with zero attached hydrogens (tertiary/aromatic N) is 1. The van der Waals surface area contributed by atoms with Crippen molar-refractivity contribution in [3.05, 3.63) is 40.3 Å². The zero-order valence-corrected chi connectivity index (χ0v) is 12.9. The van der Waals surface area contributed by atoms with Crippen molar-refractivity contribution in [2.75, 3.05) is 0 Å². The summed E-state index contributed by atoms with van der Waals surface area (Å²) in [6.45, 7) is 7.47. The fraction of sp³-hybridized carbons (Fsp3) is 0.429. The van der Waals surface area contributed by atoms with E-state index in [1.807, 2.05) is 27.7 Å². The average Bonchev–Trinajstić information content (AvgIpc) is 2.36. The molecule has 1 unspecified atom stereocenters.